The number of hydrogen-bond acceptors (Lipinski definition) is 7. The van der Waals surface area contributed by atoms with Crippen LogP contribution in [0.5, 0.6) is 11.5 Å². The van der Waals surface area contributed by atoms with Crippen molar-refractivity contribution in [2.24, 2.45) is 0 Å². The Bertz CT molecular complexity index is 1540. The Morgan fingerprint density at radius 3 is 2.38 bits per heavy atom. The van der Waals surface area contributed by atoms with Crippen molar-refractivity contribution in [2.45, 2.75) is 26.1 Å². The van der Waals surface area contributed by atoms with Crippen LogP contribution < -0.4 is 4.74 Å². The third-order valence-corrected chi connectivity index (χ3v) is 7.57. The Hall–Kier alpha value is -4.22. The summed E-state index contributed by atoms with van der Waals surface area (Å²) in [6.07, 6.45) is -0.447. The van der Waals surface area contributed by atoms with Crippen molar-refractivity contribution in [3.63, 3.8) is 0 Å². The number of para-hydroxylation sites is 1. The molecule has 0 amide bonds. The van der Waals surface area contributed by atoms with Crippen LogP contribution in [0.4, 0.5) is 13.2 Å². The van der Waals surface area contributed by atoms with Gasteiger partial charge in [-0.15, -0.1) is 5.10 Å². The zero-order valence-electron chi connectivity index (χ0n) is 23.7. The molecule has 8 nitrogen and oxygen atoms in total. The minimum Gasteiger partial charge on any atom is -0.504 e. The highest BCUT2D eigenvalue weighted by Gasteiger charge is 2.35. The molecule has 0 saturated carbocycles. The molecule has 220 valence electrons. The minimum absolute atomic E-state index is 0.0877. The van der Waals surface area contributed by atoms with Crippen molar-refractivity contribution in [2.75, 3.05) is 39.8 Å². The maximum Gasteiger partial charge on any atom is 0.416 e. The number of phenols is 1. The summed E-state index contributed by atoms with van der Waals surface area (Å²) < 4.78 is 48.0. The van der Waals surface area contributed by atoms with Crippen molar-refractivity contribution < 1.29 is 23.0 Å². The van der Waals surface area contributed by atoms with Crippen LogP contribution in [0.25, 0.3) is 11.8 Å². The molecule has 1 aliphatic heterocycles. The number of hydrogen-bond donors (Lipinski definition) is 1. The van der Waals surface area contributed by atoms with Crippen molar-refractivity contribution in [1.29, 1.82) is 0 Å². The normalized spacial score (nSPS) is 15.8. The summed E-state index contributed by atoms with van der Waals surface area (Å²) in [5.41, 5.74) is 3.45. The summed E-state index contributed by atoms with van der Waals surface area (Å²) in [5.74, 6) is 0.973. The predicted octanol–water partition coefficient (Wildman–Crippen LogP) is 5.43. The van der Waals surface area contributed by atoms with Crippen LogP contribution >= 0.6 is 0 Å². The number of nitrogens with zero attached hydrogens (tertiary/aromatic N) is 6. The highest BCUT2D eigenvalue weighted by molar-refractivity contribution is 5.55. The molecule has 0 unspecified atom stereocenters. The SMILES string of the molecule is COc1cc(/C=C/CN2CCN([C@H](c3cccc(C(F)(F)F)c3)c3nnnn3-c3c(C)cccc3C)CC2)ccc1O. The average Bonchev–Trinajstić information content (AvgIpc) is 3.43. The second kappa shape index (κ2) is 12.3. The van der Waals surface area contributed by atoms with Crippen LogP contribution in [0.3, 0.4) is 0 Å². The maximum absolute atomic E-state index is 13.7. The lowest BCUT2D eigenvalue weighted by Crippen LogP contribution is -2.48. The number of ether oxygens (including phenoxy) is 1. The van der Waals surface area contributed by atoms with Crippen LogP contribution in [0.2, 0.25) is 0 Å². The van der Waals surface area contributed by atoms with Crippen molar-refractivity contribution in [3.8, 4) is 17.2 Å². The summed E-state index contributed by atoms with van der Waals surface area (Å²) in [5, 5.41) is 22.4. The first kappa shape index (κ1) is 29.3. The van der Waals surface area contributed by atoms with Crippen LogP contribution in [-0.4, -0.2) is 74.9 Å². The quantitative estimate of drug-likeness (QED) is 0.299. The number of benzene rings is 3. The molecule has 0 bridgehead atoms. The molecule has 1 saturated heterocycles. The number of piperazine rings is 1. The highest BCUT2D eigenvalue weighted by atomic mass is 19.4. The van der Waals surface area contributed by atoms with Gasteiger partial charge in [0.2, 0.25) is 0 Å². The summed E-state index contributed by atoms with van der Waals surface area (Å²) in [4.78, 5) is 4.43. The third-order valence-electron chi connectivity index (χ3n) is 7.57. The Labute approximate surface area is 242 Å². The fraction of sp³-hybridized carbons (Fsp3) is 0.323. The monoisotopic (exact) mass is 578 g/mol. The van der Waals surface area contributed by atoms with E-state index >= 15 is 0 Å². The Morgan fingerprint density at radius 1 is 0.976 bits per heavy atom. The lowest BCUT2D eigenvalue weighted by Gasteiger charge is -2.38. The first-order valence-corrected chi connectivity index (χ1v) is 13.7. The molecule has 1 atom stereocenters. The zero-order chi connectivity index (χ0) is 29.9. The Kier molecular flexibility index (Phi) is 8.60. The first-order valence-electron chi connectivity index (χ1n) is 13.7. The van der Waals surface area contributed by atoms with E-state index in [0.717, 1.165) is 28.4 Å². The van der Waals surface area contributed by atoms with E-state index in [4.69, 9.17) is 4.74 Å². The fourth-order valence-electron chi connectivity index (χ4n) is 5.41. The third kappa shape index (κ3) is 6.32. The van der Waals surface area contributed by atoms with Gasteiger partial charge in [-0.1, -0.05) is 48.6 Å². The number of aromatic hydroxyl groups is 1. The molecule has 2 heterocycles. The van der Waals surface area contributed by atoms with Crippen LogP contribution in [0, 0.1) is 13.8 Å². The Morgan fingerprint density at radius 2 is 1.69 bits per heavy atom. The molecule has 1 N–H and O–H groups in total. The zero-order valence-corrected chi connectivity index (χ0v) is 23.7. The summed E-state index contributed by atoms with van der Waals surface area (Å²) in [6, 6.07) is 15.9. The number of alkyl halides is 3. The minimum atomic E-state index is -4.47. The molecule has 3 aromatic carbocycles. The van der Waals surface area contributed by atoms with E-state index in [2.05, 4.69) is 25.3 Å². The number of phenolic OH excluding ortho intramolecular Hbond substituents is 1. The molecule has 4 aromatic rings. The van der Waals surface area contributed by atoms with E-state index in [1.807, 2.05) is 50.3 Å². The van der Waals surface area contributed by atoms with Gasteiger partial charge in [0.1, 0.15) is 0 Å². The van der Waals surface area contributed by atoms with E-state index in [0.29, 0.717) is 49.9 Å². The molecule has 42 heavy (non-hydrogen) atoms. The molecule has 0 radical (unpaired) electrons. The summed E-state index contributed by atoms with van der Waals surface area (Å²) in [7, 11) is 1.51. The van der Waals surface area contributed by atoms with Crippen molar-refractivity contribution in [3.05, 3.63) is 100 Å². The van der Waals surface area contributed by atoms with Crippen LogP contribution in [-0.2, 0) is 6.18 Å². The molecule has 0 spiro atoms. The van der Waals surface area contributed by atoms with Gasteiger partial charge in [0.25, 0.3) is 0 Å². The van der Waals surface area contributed by atoms with Gasteiger partial charge in [0.05, 0.1) is 24.4 Å². The van der Waals surface area contributed by atoms with E-state index in [1.165, 1.54) is 19.2 Å². The topological polar surface area (TPSA) is 79.5 Å². The summed E-state index contributed by atoms with van der Waals surface area (Å²) >= 11 is 0. The smallest absolute Gasteiger partial charge is 0.416 e. The molecular weight excluding hydrogens is 545 g/mol. The van der Waals surface area contributed by atoms with Gasteiger partial charge in [-0.25, -0.2) is 0 Å². The number of methoxy groups -OCH3 is 1. The largest absolute Gasteiger partial charge is 0.504 e. The molecule has 1 fully saturated rings. The van der Waals surface area contributed by atoms with E-state index in [9.17, 15) is 18.3 Å². The number of tetrazole rings is 1. The van der Waals surface area contributed by atoms with E-state index < -0.39 is 17.8 Å². The highest BCUT2D eigenvalue weighted by Crippen LogP contribution is 2.35. The van der Waals surface area contributed by atoms with Crippen molar-refractivity contribution in [1.82, 2.24) is 30.0 Å². The predicted molar refractivity (Wildman–Crippen MR) is 154 cm³/mol. The molecule has 1 aliphatic rings. The standard InChI is InChI=1S/C31H33F3N6O2/c1-21-7-4-8-22(2)28(21)40-30(35-36-37-40)29(24-10-5-11-25(20-24)31(32,33)34)39-17-15-38(16-18-39)14-6-9-23-12-13-26(41)27(19-23)42-3/h4-13,19-20,29,41H,14-18H2,1-3H3/b9-6+/t29-/m1/s1. The molecule has 1 aromatic heterocycles. The molecule has 11 heteroatoms. The van der Waals surface area contributed by atoms with E-state index in [-0.39, 0.29) is 5.75 Å². The van der Waals surface area contributed by atoms with Gasteiger partial charge in [-0.3, -0.25) is 9.80 Å². The van der Waals surface area contributed by atoms with Gasteiger partial charge in [0, 0.05) is 32.7 Å². The number of rotatable bonds is 8. The van der Waals surface area contributed by atoms with Crippen molar-refractivity contribution >= 4 is 6.08 Å². The average molecular weight is 579 g/mol. The molecule has 0 aliphatic carbocycles. The summed E-state index contributed by atoms with van der Waals surface area (Å²) in [6.45, 7) is 7.28. The number of aryl methyl sites for hydroxylation is 2. The van der Waals surface area contributed by atoms with Gasteiger partial charge < -0.3 is 9.84 Å². The van der Waals surface area contributed by atoms with Gasteiger partial charge in [-0.2, -0.15) is 17.9 Å². The van der Waals surface area contributed by atoms with Crippen LogP contribution in [0.1, 0.15) is 39.7 Å². The van der Waals surface area contributed by atoms with Gasteiger partial charge in [-0.05, 0) is 70.8 Å². The Balaban J connectivity index is 1.40. The second-order valence-electron chi connectivity index (χ2n) is 10.4. The lowest BCUT2D eigenvalue weighted by atomic mass is 10.00. The maximum atomic E-state index is 13.7. The van der Waals surface area contributed by atoms with Gasteiger partial charge in [0.15, 0.2) is 17.3 Å². The molecular formula is C31H33F3N6O2. The second-order valence-corrected chi connectivity index (χ2v) is 10.4. The number of halogens is 3. The lowest BCUT2D eigenvalue weighted by molar-refractivity contribution is -0.137. The van der Waals surface area contributed by atoms with Gasteiger partial charge >= 0.3 is 6.18 Å². The fourth-order valence-corrected chi connectivity index (χ4v) is 5.41. The van der Waals surface area contributed by atoms with Crippen LogP contribution in [0.15, 0.2) is 66.7 Å². The number of aromatic nitrogens is 4. The molecule has 5 rings (SSSR count). The first-order chi connectivity index (χ1) is 20.2. The van der Waals surface area contributed by atoms with E-state index in [1.54, 1.807) is 22.9 Å².